The SMILES string of the molecule is Cc1cccc(-c2nc(C)c(C)c(N3CCN(C(=O)c4cccc5ccccc45)CC3)n2)c1. The third kappa shape index (κ3) is 4.07. The summed E-state index contributed by atoms with van der Waals surface area (Å²) in [6.07, 6.45) is 0. The van der Waals surface area contributed by atoms with E-state index < -0.39 is 0 Å². The van der Waals surface area contributed by atoms with Crippen molar-refractivity contribution in [2.24, 2.45) is 0 Å². The van der Waals surface area contributed by atoms with E-state index in [1.54, 1.807) is 0 Å². The Bertz CT molecular complexity index is 1330. The van der Waals surface area contributed by atoms with E-state index >= 15 is 0 Å². The van der Waals surface area contributed by atoms with Gasteiger partial charge in [-0.15, -0.1) is 0 Å². The predicted molar refractivity (Wildman–Crippen MR) is 134 cm³/mol. The molecular weight excluding hydrogens is 408 g/mol. The van der Waals surface area contributed by atoms with Crippen LogP contribution in [0, 0.1) is 20.8 Å². The van der Waals surface area contributed by atoms with Gasteiger partial charge in [0, 0.05) is 48.6 Å². The molecule has 5 heteroatoms. The van der Waals surface area contributed by atoms with Crippen LogP contribution in [-0.4, -0.2) is 47.0 Å². The van der Waals surface area contributed by atoms with Gasteiger partial charge in [0.05, 0.1) is 0 Å². The van der Waals surface area contributed by atoms with Crippen LogP contribution in [-0.2, 0) is 0 Å². The maximum atomic E-state index is 13.3. The molecule has 1 aromatic heterocycles. The summed E-state index contributed by atoms with van der Waals surface area (Å²) in [5.41, 5.74) is 5.09. The Labute approximate surface area is 194 Å². The number of aromatic nitrogens is 2. The molecule has 166 valence electrons. The lowest BCUT2D eigenvalue weighted by molar-refractivity contribution is 0.0748. The van der Waals surface area contributed by atoms with Gasteiger partial charge in [-0.3, -0.25) is 4.79 Å². The second-order valence-corrected chi connectivity index (χ2v) is 8.76. The number of carbonyl (C=O) groups excluding carboxylic acids is 1. The van der Waals surface area contributed by atoms with Crippen molar-refractivity contribution in [3.8, 4) is 11.4 Å². The molecule has 5 nitrogen and oxygen atoms in total. The van der Waals surface area contributed by atoms with Gasteiger partial charge in [0.25, 0.3) is 5.91 Å². The molecule has 1 saturated heterocycles. The van der Waals surface area contributed by atoms with E-state index in [9.17, 15) is 4.79 Å². The van der Waals surface area contributed by atoms with Crippen LogP contribution in [0.5, 0.6) is 0 Å². The summed E-state index contributed by atoms with van der Waals surface area (Å²) < 4.78 is 0. The molecule has 0 atom stereocenters. The quantitative estimate of drug-likeness (QED) is 0.444. The van der Waals surface area contributed by atoms with Crippen molar-refractivity contribution in [2.45, 2.75) is 20.8 Å². The number of amides is 1. The first-order valence-corrected chi connectivity index (χ1v) is 11.5. The molecular formula is C28H28N4O. The van der Waals surface area contributed by atoms with Gasteiger partial charge in [0.15, 0.2) is 5.82 Å². The van der Waals surface area contributed by atoms with Crippen molar-refractivity contribution < 1.29 is 4.79 Å². The molecule has 0 N–H and O–H groups in total. The highest BCUT2D eigenvalue weighted by molar-refractivity contribution is 6.07. The zero-order valence-electron chi connectivity index (χ0n) is 19.4. The number of anilines is 1. The summed E-state index contributed by atoms with van der Waals surface area (Å²) in [6.45, 7) is 9.05. The molecule has 1 amide bonds. The minimum atomic E-state index is 0.0995. The number of aryl methyl sites for hydroxylation is 2. The lowest BCUT2D eigenvalue weighted by atomic mass is 10.0. The van der Waals surface area contributed by atoms with Crippen LogP contribution in [0.2, 0.25) is 0 Å². The third-order valence-electron chi connectivity index (χ3n) is 6.53. The monoisotopic (exact) mass is 436 g/mol. The first-order chi connectivity index (χ1) is 16.0. The van der Waals surface area contributed by atoms with Crippen molar-refractivity contribution in [1.29, 1.82) is 0 Å². The van der Waals surface area contributed by atoms with E-state index in [1.165, 1.54) is 5.56 Å². The highest BCUT2D eigenvalue weighted by atomic mass is 16.2. The molecule has 1 aliphatic rings. The van der Waals surface area contributed by atoms with Gasteiger partial charge in [-0.2, -0.15) is 0 Å². The van der Waals surface area contributed by atoms with Gasteiger partial charge in [-0.25, -0.2) is 9.97 Å². The fourth-order valence-corrected chi connectivity index (χ4v) is 4.54. The molecule has 33 heavy (non-hydrogen) atoms. The van der Waals surface area contributed by atoms with E-state index in [0.717, 1.165) is 57.9 Å². The molecule has 5 rings (SSSR count). The molecule has 0 unspecified atom stereocenters. The van der Waals surface area contributed by atoms with Gasteiger partial charge in [-0.05, 0) is 43.7 Å². The second-order valence-electron chi connectivity index (χ2n) is 8.76. The van der Waals surface area contributed by atoms with Crippen LogP contribution in [0.15, 0.2) is 66.7 Å². The van der Waals surface area contributed by atoms with Crippen molar-refractivity contribution >= 4 is 22.5 Å². The minimum absolute atomic E-state index is 0.0995. The lowest BCUT2D eigenvalue weighted by Crippen LogP contribution is -2.49. The van der Waals surface area contributed by atoms with E-state index in [0.29, 0.717) is 13.1 Å². The van der Waals surface area contributed by atoms with Crippen LogP contribution in [0.1, 0.15) is 27.2 Å². The number of carbonyl (C=O) groups is 1. The third-order valence-corrected chi connectivity index (χ3v) is 6.53. The molecule has 1 fully saturated rings. The Hall–Kier alpha value is -3.73. The smallest absolute Gasteiger partial charge is 0.254 e. The summed E-state index contributed by atoms with van der Waals surface area (Å²) in [5.74, 6) is 1.82. The molecule has 3 aromatic carbocycles. The van der Waals surface area contributed by atoms with Crippen molar-refractivity contribution in [2.75, 3.05) is 31.1 Å². The van der Waals surface area contributed by atoms with E-state index in [1.807, 2.05) is 48.2 Å². The summed E-state index contributed by atoms with van der Waals surface area (Å²) in [7, 11) is 0. The number of fused-ring (bicyclic) bond motifs is 1. The minimum Gasteiger partial charge on any atom is -0.353 e. The van der Waals surface area contributed by atoms with Crippen LogP contribution in [0.4, 0.5) is 5.82 Å². The molecule has 0 saturated carbocycles. The van der Waals surface area contributed by atoms with Gasteiger partial charge in [-0.1, -0.05) is 60.2 Å². The zero-order chi connectivity index (χ0) is 22.9. The molecule has 0 radical (unpaired) electrons. The Morgan fingerprint density at radius 1 is 0.818 bits per heavy atom. The standard InChI is InChI=1S/C28H28N4O/c1-19-8-6-11-23(18-19)26-29-21(3)20(2)27(30-26)31-14-16-32(17-15-31)28(33)25-13-7-10-22-9-4-5-12-24(22)25/h4-13,18H,14-17H2,1-3H3. The van der Waals surface area contributed by atoms with E-state index in [-0.39, 0.29) is 5.91 Å². The largest absolute Gasteiger partial charge is 0.353 e. The van der Waals surface area contributed by atoms with Crippen molar-refractivity contribution in [1.82, 2.24) is 14.9 Å². The van der Waals surface area contributed by atoms with Gasteiger partial charge in [0.1, 0.15) is 5.82 Å². The van der Waals surface area contributed by atoms with E-state index in [2.05, 4.69) is 49.1 Å². The normalized spacial score (nSPS) is 14.0. The van der Waals surface area contributed by atoms with Gasteiger partial charge in [0.2, 0.25) is 0 Å². The first kappa shape index (κ1) is 21.1. The van der Waals surface area contributed by atoms with Crippen LogP contribution in [0.25, 0.3) is 22.2 Å². The Kier molecular flexibility index (Phi) is 5.55. The van der Waals surface area contributed by atoms with Gasteiger partial charge >= 0.3 is 0 Å². The molecule has 4 aromatic rings. The molecule has 0 spiro atoms. The highest BCUT2D eigenvalue weighted by Gasteiger charge is 2.25. The Balaban J connectivity index is 1.37. The molecule has 2 heterocycles. The number of piperazine rings is 1. The predicted octanol–water partition coefficient (Wildman–Crippen LogP) is 5.18. The summed E-state index contributed by atoms with van der Waals surface area (Å²) in [6, 6.07) is 22.3. The highest BCUT2D eigenvalue weighted by Crippen LogP contribution is 2.27. The fraction of sp³-hybridized carbons (Fsp3) is 0.250. The van der Waals surface area contributed by atoms with Crippen molar-refractivity contribution in [3.63, 3.8) is 0 Å². The first-order valence-electron chi connectivity index (χ1n) is 11.5. The summed E-state index contributed by atoms with van der Waals surface area (Å²) >= 11 is 0. The number of benzene rings is 3. The summed E-state index contributed by atoms with van der Waals surface area (Å²) in [4.78, 5) is 27.3. The number of hydrogen-bond acceptors (Lipinski definition) is 4. The maximum absolute atomic E-state index is 13.3. The van der Waals surface area contributed by atoms with Crippen LogP contribution in [0.3, 0.4) is 0 Å². The lowest BCUT2D eigenvalue weighted by Gasteiger charge is -2.36. The Morgan fingerprint density at radius 3 is 2.33 bits per heavy atom. The maximum Gasteiger partial charge on any atom is 0.254 e. The topological polar surface area (TPSA) is 49.3 Å². The van der Waals surface area contributed by atoms with Gasteiger partial charge < -0.3 is 9.80 Å². The number of nitrogens with zero attached hydrogens (tertiary/aromatic N) is 4. The molecule has 0 bridgehead atoms. The fourth-order valence-electron chi connectivity index (χ4n) is 4.54. The second kappa shape index (κ2) is 8.66. The van der Waals surface area contributed by atoms with Crippen LogP contribution >= 0.6 is 0 Å². The number of rotatable bonds is 3. The van der Waals surface area contributed by atoms with Crippen LogP contribution < -0.4 is 4.90 Å². The zero-order valence-corrected chi connectivity index (χ0v) is 19.4. The average molecular weight is 437 g/mol. The molecule has 0 aliphatic carbocycles. The Morgan fingerprint density at radius 2 is 1.55 bits per heavy atom. The van der Waals surface area contributed by atoms with Crippen molar-refractivity contribution in [3.05, 3.63) is 89.1 Å². The van der Waals surface area contributed by atoms with E-state index in [4.69, 9.17) is 9.97 Å². The number of hydrogen-bond donors (Lipinski definition) is 0. The summed E-state index contributed by atoms with van der Waals surface area (Å²) in [5, 5.41) is 2.11. The average Bonchev–Trinajstić information content (AvgIpc) is 2.85. The molecule has 1 aliphatic heterocycles.